The molecule has 1 aliphatic heterocycles. The molecule has 6 heteroatoms. The van der Waals surface area contributed by atoms with Gasteiger partial charge in [0.1, 0.15) is 5.82 Å². The van der Waals surface area contributed by atoms with Crippen molar-refractivity contribution in [1.82, 2.24) is 9.55 Å². The van der Waals surface area contributed by atoms with Crippen LogP contribution in [0.1, 0.15) is 17.8 Å². The van der Waals surface area contributed by atoms with Crippen LogP contribution in [-0.4, -0.2) is 18.0 Å². The van der Waals surface area contributed by atoms with Gasteiger partial charge in [-0.3, -0.25) is 4.72 Å². The van der Waals surface area contributed by atoms with Crippen LogP contribution < -0.4 is 4.72 Å². The SMILES string of the molecule is O=S(=O)(Cc1ccccc1)Nc1ccc(-c2cnc3n2CCC3)cc1. The maximum absolute atomic E-state index is 12.3. The Morgan fingerprint density at radius 1 is 1.04 bits per heavy atom. The third-order valence-electron chi connectivity index (χ3n) is 4.37. The van der Waals surface area contributed by atoms with Crippen LogP contribution in [0.3, 0.4) is 0 Å². The lowest BCUT2D eigenvalue weighted by molar-refractivity contribution is 0.600. The maximum atomic E-state index is 12.3. The lowest BCUT2D eigenvalue weighted by atomic mass is 10.1. The first-order chi connectivity index (χ1) is 12.1. The zero-order chi connectivity index (χ0) is 17.3. The molecule has 2 aromatic carbocycles. The second kappa shape index (κ2) is 6.37. The van der Waals surface area contributed by atoms with Gasteiger partial charge in [-0.15, -0.1) is 0 Å². The van der Waals surface area contributed by atoms with Crippen LogP contribution in [0.2, 0.25) is 0 Å². The van der Waals surface area contributed by atoms with Gasteiger partial charge in [0.2, 0.25) is 10.0 Å². The quantitative estimate of drug-likeness (QED) is 0.764. The summed E-state index contributed by atoms with van der Waals surface area (Å²) in [6.45, 7) is 0.996. The average molecular weight is 353 g/mol. The molecule has 2 heterocycles. The number of fused-ring (bicyclic) bond motifs is 1. The molecule has 0 atom stereocenters. The van der Waals surface area contributed by atoms with Gasteiger partial charge in [-0.05, 0) is 29.7 Å². The van der Waals surface area contributed by atoms with Crippen LogP contribution in [0.15, 0.2) is 60.8 Å². The topological polar surface area (TPSA) is 64.0 Å². The number of nitrogens with zero attached hydrogens (tertiary/aromatic N) is 2. The van der Waals surface area contributed by atoms with Gasteiger partial charge in [-0.2, -0.15) is 0 Å². The van der Waals surface area contributed by atoms with E-state index in [1.54, 1.807) is 12.1 Å². The van der Waals surface area contributed by atoms with Crippen LogP contribution in [-0.2, 0) is 28.7 Å². The highest BCUT2D eigenvalue weighted by Gasteiger charge is 2.17. The zero-order valence-corrected chi connectivity index (χ0v) is 14.5. The normalized spacial score (nSPS) is 13.6. The number of sulfonamides is 1. The molecule has 0 fully saturated rings. The molecule has 0 unspecified atom stereocenters. The molecule has 0 spiro atoms. The molecule has 25 heavy (non-hydrogen) atoms. The number of imidazole rings is 1. The third kappa shape index (κ3) is 3.44. The van der Waals surface area contributed by atoms with E-state index in [1.807, 2.05) is 48.7 Å². The van der Waals surface area contributed by atoms with Crippen molar-refractivity contribution in [1.29, 1.82) is 0 Å². The molecular weight excluding hydrogens is 334 g/mol. The summed E-state index contributed by atoms with van der Waals surface area (Å²) in [5, 5.41) is 0. The standard InChI is InChI=1S/C19H19N3O2S/c23-25(24,14-15-5-2-1-3-6-15)21-17-10-8-16(9-11-17)18-13-20-19-7-4-12-22(18)19/h1-3,5-6,8-11,13,21H,4,7,12,14H2. The molecule has 3 aromatic rings. The predicted molar refractivity (Wildman–Crippen MR) is 98.7 cm³/mol. The van der Waals surface area contributed by atoms with E-state index in [9.17, 15) is 8.42 Å². The minimum atomic E-state index is -3.43. The lowest BCUT2D eigenvalue weighted by Crippen LogP contribution is -2.14. The second-order valence-corrected chi connectivity index (χ2v) is 7.96. The van der Waals surface area contributed by atoms with Crippen LogP contribution in [0.5, 0.6) is 0 Å². The van der Waals surface area contributed by atoms with E-state index in [-0.39, 0.29) is 5.75 Å². The molecule has 0 amide bonds. The molecule has 0 bridgehead atoms. The molecule has 0 saturated heterocycles. The van der Waals surface area contributed by atoms with Crippen molar-refractivity contribution in [2.75, 3.05) is 4.72 Å². The Hall–Kier alpha value is -2.60. The van der Waals surface area contributed by atoms with E-state index in [0.717, 1.165) is 42.0 Å². The monoisotopic (exact) mass is 353 g/mol. The summed E-state index contributed by atoms with van der Waals surface area (Å²) in [4.78, 5) is 4.45. The molecule has 0 radical (unpaired) electrons. The Balaban J connectivity index is 1.50. The van der Waals surface area contributed by atoms with Crippen molar-refractivity contribution in [2.24, 2.45) is 0 Å². The average Bonchev–Trinajstić information content (AvgIpc) is 3.19. The maximum Gasteiger partial charge on any atom is 0.236 e. The molecule has 128 valence electrons. The van der Waals surface area contributed by atoms with Crippen LogP contribution in [0.4, 0.5) is 5.69 Å². The van der Waals surface area contributed by atoms with E-state index < -0.39 is 10.0 Å². The van der Waals surface area contributed by atoms with Crippen molar-refractivity contribution >= 4 is 15.7 Å². The second-order valence-electron chi connectivity index (χ2n) is 6.24. The van der Waals surface area contributed by atoms with E-state index >= 15 is 0 Å². The fourth-order valence-corrected chi connectivity index (χ4v) is 4.41. The Bertz CT molecular complexity index is 977. The number of hydrogen-bond acceptors (Lipinski definition) is 3. The Morgan fingerprint density at radius 3 is 2.56 bits per heavy atom. The highest BCUT2D eigenvalue weighted by molar-refractivity contribution is 7.91. The van der Waals surface area contributed by atoms with Gasteiger partial charge in [0.25, 0.3) is 0 Å². The highest BCUT2D eigenvalue weighted by Crippen LogP contribution is 2.26. The Morgan fingerprint density at radius 2 is 1.80 bits per heavy atom. The van der Waals surface area contributed by atoms with Crippen LogP contribution in [0.25, 0.3) is 11.3 Å². The first-order valence-electron chi connectivity index (χ1n) is 8.30. The van der Waals surface area contributed by atoms with Gasteiger partial charge >= 0.3 is 0 Å². The number of hydrogen-bond donors (Lipinski definition) is 1. The summed E-state index contributed by atoms with van der Waals surface area (Å²) >= 11 is 0. The van der Waals surface area contributed by atoms with Crippen molar-refractivity contribution in [3.63, 3.8) is 0 Å². The summed E-state index contributed by atoms with van der Waals surface area (Å²) in [6, 6.07) is 16.6. The lowest BCUT2D eigenvalue weighted by Gasteiger charge is -2.10. The molecule has 1 N–H and O–H groups in total. The first kappa shape index (κ1) is 15.9. The van der Waals surface area contributed by atoms with Crippen molar-refractivity contribution in [3.8, 4) is 11.3 Å². The predicted octanol–water partition coefficient (Wildman–Crippen LogP) is 3.44. The van der Waals surface area contributed by atoms with E-state index in [1.165, 1.54) is 0 Å². The fraction of sp³-hybridized carbons (Fsp3) is 0.211. The van der Waals surface area contributed by atoms with Crippen LogP contribution in [0, 0.1) is 0 Å². The first-order valence-corrected chi connectivity index (χ1v) is 9.95. The minimum absolute atomic E-state index is 0.0360. The molecule has 0 saturated carbocycles. The van der Waals surface area contributed by atoms with E-state index in [2.05, 4.69) is 14.3 Å². The summed E-state index contributed by atoms with van der Waals surface area (Å²) in [7, 11) is -3.43. The van der Waals surface area contributed by atoms with Gasteiger partial charge in [0, 0.05) is 18.7 Å². The molecule has 1 aliphatic rings. The largest absolute Gasteiger partial charge is 0.328 e. The molecule has 1 aromatic heterocycles. The molecular formula is C19H19N3O2S. The smallest absolute Gasteiger partial charge is 0.236 e. The van der Waals surface area contributed by atoms with Crippen molar-refractivity contribution in [3.05, 3.63) is 72.2 Å². The third-order valence-corrected chi connectivity index (χ3v) is 5.63. The van der Waals surface area contributed by atoms with Gasteiger partial charge in [0.05, 0.1) is 17.6 Å². The van der Waals surface area contributed by atoms with Gasteiger partial charge < -0.3 is 4.57 Å². The number of rotatable bonds is 5. The van der Waals surface area contributed by atoms with Crippen molar-refractivity contribution < 1.29 is 8.42 Å². The van der Waals surface area contributed by atoms with E-state index in [0.29, 0.717) is 5.69 Å². The number of anilines is 1. The minimum Gasteiger partial charge on any atom is -0.328 e. The fourth-order valence-electron chi connectivity index (χ4n) is 3.21. The Kier molecular flexibility index (Phi) is 4.05. The summed E-state index contributed by atoms with van der Waals surface area (Å²) in [5.41, 5.74) is 3.47. The number of nitrogens with one attached hydrogen (secondary N) is 1. The number of benzene rings is 2. The Labute approximate surface area is 147 Å². The molecule has 4 rings (SSSR count). The summed E-state index contributed by atoms with van der Waals surface area (Å²) in [6.07, 6.45) is 4.05. The van der Waals surface area contributed by atoms with Crippen LogP contribution >= 0.6 is 0 Å². The van der Waals surface area contributed by atoms with Gasteiger partial charge in [0.15, 0.2) is 0 Å². The van der Waals surface area contributed by atoms with Crippen molar-refractivity contribution in [2.45, 2.75) is 25.1 Å². The van der Waals surface area contributed by atoms with Gasteiger partial charge in [-0.1, -0.05) is 42.5 Å². The van der Waals surface area contributed by atoms with Gasteiger partial charge in [-0.25, -0.2) is 13.4 Å². The summed E-state index contributed by atoms with van der Waals surface area (Å²) in [5.74, 6) is 1.09. The number of aromatic nitrogens is 2. The van der Waals surface area contributed by atoms with E-state index in [4.69, 9.17) is 0 Å². The molecule has 0 aliphatic carbocycles. The highest BCUT2D eigenvalue weighted by atomic mass is 32.2. The zero-order valence-electron chi connectivity index (χ0n) is 13.7. The molecule has 5 nitrogen and oxygen atoms in total. The summed E-state index contributed by atoms with van der Waals surface area (Å²) < 4.78 is 29.5. The number of aryl methyl sites for hydroxylation is 1.